The van der Waals surface area contributed by atoms with Crippen LogP contribution in [-0.4, -0.2) is 28.4 Å². The van der Waals surface area contributed by atoms with Gasteiger partial charge in [0.2, 0.25) is 5.91 Å². The number of rotatable bonds is 5. The van der Waals surface area contributed by atoms with Gasteiger partial charge in [-0.05, 0) is 43.5 Å². The van der Waals surface area contributed by atoms with Gasteiger partial charge in [-0.2, -0.15) is 8.78 Å². The van der Waals surface area contributed by atoms with Crippen molar-refractivity contribution in [3.63, 3.8) is 0 Å². The fraction of sp³-hybridized carbons (Fsp3) is 0.333. The summed E-state index contributed by atoms with van der Waals surface area (Å²) in [4.78, 5) is 22.9. The second-order valence-corrected chi connectivity index (χ2v) is 5.30. The molecule has 1 aliphatic rings. The van der Waals surface area contributed by atoms with Gasteiger partial charge in [0, 0.05) is 5.69 Å². The number of nitrogens with one attached hydrogen (secondary N) is 2. The molecule has 0 spiro atoms. The molecule has 0 aliphatic heterocycles. The molecule has 124 valence electrons. The zero-order chi connectivity index (χ0) is 17.3. The Hall–Kier alpha value is -2.35. The molecule has 0 bridgehead atoms. The second kappa shape index (κ2) is 6.04. The van der Waals surface area contributed by atoms with Crippen LogP contribution in [0.15, 0.2) is 30.9 Å². The molecule has 0 atom stereocenters. The number of carbonyl (C=O) groups is 2. The third-order valence-electron chi connectivity index (χ3n) is 3.72. The van der Waals surface area contributed by atoms with Crippen molar-refractivity contribution in [1.29, 1.82) is 0 Å². The first-order valence-corrected chi connectivity index (χ1v) is 6.84. The van der Waals surface area contributed by atoms with E-state index in [0.717, 1.165) is 24.3 Å². The van der Waals surface area contributed by atoms with Crippen LogP contribution in [-0.2, 0) is 9.59 Å². The Morgan fingerprint density at radius 1 is 1.30 bits per heavy atom. The third-order valence-corrected chi connectivity index (χ3v) is 3.72. The maximum atomic E-state index is 14.0. The van der Waals surface area contributed by atoms with Crippen molar-refractivity contribution in [3.8, 4) is 0 Å². The lowest BCUT2D eigenvalue weighted by Gasteiger charge is -2.41. The molecule has 5 nitrogen and oxygen atoms in total. The maximum Gasteiger partial charge on any atom is 0.352 e. The SMILES string of the molecule is C=CC(=O)Nc1cc(NC(=O)C(F)(F)C2(O)CCC2)ccc1F. The number of benzene rings is 1. The van der Waals surface area contributed by atoms with Crippen molar-refractivity contribution in [2.24, 2.45) is 0 Å². The summed E-state index contributed by atoms with van der Waals surface area (Å²) in [5.41, 5.74) is -2.78. The Morgan fingerprint density at radius 3 is 2.48 bits per heavy atom. The predicted octanol–water partition coefficient (Wildman–Crippen LogP) is 2.44. The highest BCUT2D eigenvalue weighted by molar-refractivity contribution is 6.00. The highest BCUT2D eigenvalue weighted by atomic mass is 19.3. The highest BCUT2D eigenvalue weighted by Gasteiger charge is 2.61. The minimum absolute atomic E-state index is 0.140. The number of halogens is 3. The molecule has 1 saturated carbocycles. The molecule has 2 rings (SSSR count). The minimum atomic E-state index is -3.97. The summed E-state index contributed by atoms with van der Waals surface area (Å²) in [6.07, 6.45) is 0.980. The van der Waals surface area contributed by atoms with Crippen LogP contribution in [0.25, 0.3) is 0 Å². The van der Waals surface area contributed by atoms with Crippen molar-refractivity contribution in [2.75, 3.05) is 10.6 Å². The average molecular weight is 328 g/mol. The molecule has 1 aromatic carbocycles. The molecule has 0 radical (unpaired) electrons. The molecule has 0 aromatic heterocycles. The molecule has 2 amide bonds. The zero-order valence-electron chi connectivity index (χ0n) is 12.0. The number of amides is 2. The van der Waals surface area contributed by atoms with Gasteiger partial charge in [0.15, 0.2) is 0 Å². The summed E-state index contributed by atoms with van der Waals surface area (Å²) < 4.78 is 41.5. The number of alkyl halides is 2. The molecule has 23 heavy (non-hydrogen) atoms. The van der Waals surface area contributed by atoms with Crippen molar-refractivity contribution < 1.29 is 27.9 Å². The Labute approximate surface area is 130 Å². The van der Waals surface area contributed by atoms with Gasteiger partial charge in [-0.3, -0.25) is 9.59 Å². The summed E-state index contributed by atoms with van der Waals surface area (Å²) >= 11 is 0. The lowest BCUT2D eigenvalue weighted by Crippen LogP contribution is -2.59. The van der Waals surface area contributed by atoms with Gasteiger partial charge in [0.05, 0.1) is 5.69 Å². The Kier molecular flexibility index (Phi) is 4.46. The van der Waals surface area contributed by atoms with Crippen molar-refractivity contribution >= 4 is 23.2 Å². The van der Waals surface area contributed by atoms with E-state index in [1.807, 2.05) is 5.32 Å². The summed E-state index contributed by atoms with van der Waals surface area (Å²) in [6.45, 7) is 3.20. The molecule has 1 fully saturated rings. The van der Waals surface area contributed by atoms with E-state index < -0.39 is 29.2 Å². The lowest BCUT2D eigenvalue weighted by molar-refractivity contribution is -0.212. The van der Waals surface area contributed by atoms with E-state index >= 15 is 0 Å². The van der Waals surface area contributed by atoms with E-state index in [1.165, 1.54) is 0 Å². The first-order valence-electron chi connectivity index (χ1n) is 6.84. The Morgan fingerprint density at radius 2 is 1.96 bits per heavy atom. The number of aliphatic hydroxyl groups is 1. The molecule has 3 N–H and O–H groups in total. The summed E-state index contributed by atoms with van der Waals surface area (Å²) in [5, 5.41) is 13.8. The minimum Gasteiger partial charge on any atom is -0.383 e. The Balaban J connectivity index is 2.16. The van der Waals surface area contributed by atoms with Crippen LogP contribution in [0.4, 0.5) is 24.5 Å². The molecule has 8 heteroatoms. The first-order chi connectivity index (χ1) is 10.7. The van der Waals surface area contributed by atoms with Crippen LogP contribution in [0.3, 0.4) is 0 Å². The van der Waals surface area contributed by atoms with Crippen molar-refractivity contribution in [3.05, 3.63) is 36.7 Å². The molecule has 0 saturated heterocycles. The normalized spacial score (nSPS) is 16.2. The number of hydrogen-bond acceptors (Lipinski definition) is 3. The standard InChI is InChI=1S/C15H15F3N2O3/c1-2-12(21)20-11-8-9(4-5-10(11)16)19-13(22)15(17,18)14(23)6-3-7-14/h2,4-5,8,23H,1,3,6-7H2,(H,19,22)(H,20,21). The number of anilines is 2. The number of hydrogen-bond donors (Lipinski definition) is 3. The van der Waals surface area contributed by atoms with Crippen LogP contribution >= 0.6 is 0 Å². The molecule has 1 aromatic rings. The Bertz CT molecular complexity index is 657. The van der Waals surface area contributed by atoms with Gasteiger partial charge in [0.1, 0.15) is 11.4 Å². The molecule has 0 unspecified atom stereocenters. The van der Waals surface area contributed by atoms with Gasteiger partial charge in [0.25, 0.3) is 5.91 Å². The zero-order valence-corrected chi connectivity index (χ0v) is 12.0. The van der Waals surface area contributed by atoms with E-state index in [2.05, 4.69) is 11.9 Å². The monoisotopic (exact) mass is 328 g/mol. The van der Waals surface area contributed by atoms with E-state index in [4.69, 9.17) is 0 Å². The summed E-state index contributed by atoms with van der Waals surface area (Å²) in [6, 6.07) is 2.97. The highest BCUT2D eigenvalue weighted by Crippen LogP contribution is 2.44. The summed E-state index contributed by atoms with van der Waals surface area (Å²) in [5.74, 6) is -7.15. The summed E-state index contributed by atoms with van der Waals surface area (Å²) in [7, 11) is 0. The average Bonchev–Trinajstić information content (AvgIpc) is 2.47. The third kappa shape index (κ3) is 3.21. The van der Waals surface area contributed by atoms with Crippen molar-refractivity contribution in [1.82, 2.24) is 0 Å². The van der Waals surface area contributed by atoms with Gasteiger partial charge in [-0.1, -0.05) is 6.58 Å². The quantitative estimate of drug-likeness (QED) is 0.727. The maximum absolute atomic E-state index is 14.0. The topological polar surface area (TPSA) is 78.4 Å². The smallest absolute Gasteiger partial charge is 0.352 e. The van der Waals surface area contributed by atoms with E-state index in [-0.39, 0.29) is 24.2 Å². The van der Waals surface area contributed by atoms with Crippen molar-refractivity contribution in [2.45, 2.75) is 30.8 Å². The van der Waals surface area contributed by atoms with Crippen LogP contribution in [0.5, 0.6) is 0 Å². The van der Waals surface area contributed by atoms with Crippen LogP contribution in [0.1, 0.15) is 19.3 Å². The van der Waals surface area contributed by atoms with Gasteiger partial charge < -0.3 is 15.7 Å². The van der Waals surface area contributed by atoms with E-state index in [9.17, 15) is 27.9 Å². The van der Waals surface area contributed by atoms with Crippen LogP contribution < -0.4 is 10.6 Å². The van der Waals surface area contributed by atoms with Crippen LogP contribution in [0, 0.1) is 5.82 Å². The first kappa shape index (κ1) is 17.0. The largest absolute Gasteiger partial charge is 0.383 e. The number of carbonyl (C=O) groups excluding carboxylic acids is 2. The van der Waals surface area contributed by atoms with Gasteiger partial charge in [-0.15, -0.1) is 0 Å². The molecule has 1 aliphatic carbocycles. The van der Waals surface area contributed by atoms with Gasteiger partial charge >= 0.3 is 5.92 Å². The molecular formula is C15H15F3N2O3. The van der Waals surface area contributed by atoms with Crippen LogP contribution in [0.2, 0.25) is 0 Å². The van der Waals surface area contributed by atoms with E-state index in [1.54, 1.807) is 0 Å². The van der Waals surface area contributed by atoms with Gasteiger partial charge in [-0.25, -0.2) is 4.39 Å². The predicted molar refractivity (Wildman–Crippen MR) is 77.6 cm³/mol. The lowest BCUT2D eigenvalue weighted by atomic mass is 9.75. The fourth-order valence-corrected chi connectivity index (χ4v) is 2.13. The molecule has 0 heterocycles. The fourth-order valence-electron chi connectivity index (χ4n) is 2.13. The van der Waals surface area contributed by atoms with E-state index in [0.29, 0.717) is 6.42 Å². The second-order valence-electron chi connectivity index (χ2n) is 5.30. The molecular weight excluding hydrogens is 313 g/mol.